The third-order valence-electron chi connectivity index (χ3n) is 3.73. The van der Waals surface area contributed by atoms with Gasteiger partial charge in [-0.15, -0.1) is 0 Å². The number of aryl methyl sites for hydroxylation is 1. The molecular formula is C18H15BrN2O2. The molecule has 5 heteroatoms. The first-order chi connectivity index (χ1) is 11.0. The van der Waals surface area contributed by atoms with E-state index in [2.05, 4.69) is 15.9 Å². The van der Waals surface area contributed by atoms with E-state index in [0.717, 1.165) is 15.4 Å². The molecule has 0 radical (unpaired) electrons. The standard InChI is InChI=1S/C18H15BrN2O2/c1-11-8-13-4-7-15(20)10-16(13)21(18(11)23)17(22)9-12-2-5-14(19)6-3-12/h2-8,10H,9,20H2,1H3. The maximum absolute atomic E-state index is 12.7. The third kappa shape index (κ3) is 3.05. The Labute approximate surface area is 141 Å². The third-order valence-corrected chi connectivity index (χ3v) is 4.25. The maximum atomic E-state index is 12.7. The highest BCUT2D eigenvalue weighted by atomic mass is 79.9. The van der Waals surface area contributed by atoms with Crippen molar-refractivity contribution in [2.75, 3.05) is 5.73 Å². The van der Waals surface area contributed by atoms with Crippen LogP contribution in [0, 0.1) is 6.92 Å². The zero-order valence-electron chi connectivity index (χ0n) is 12.5. The Kier molecular flexibility index (Phi) is 4.05. The lowest BCUT2D eigenvalue weighted by atomic mass is 10.1. The van der Waals surface area contributed by atoms with Crippen LogP contribution in [0.4, 0.5) is 5.69 Å². The summed E-state index contributed by atoms with van der Waals surface area (Å²) in [6, 6.07) is 14.5. The number of anilines is 1. The molecule has 4 nitrogen and oxygen atoms in total. The second kappa shape index (κ2) is 6.01. The number of carbonyl (C=O) groups excluding carboxylic acids is 1. The summed E-state index contributed by atoms with van der Waals surface area (Å²) in [5.41, 5.74) is 7.97. The Morgan fingerprint density at radius 2 is 1.83 bits per heavy atom. The van der Waals surface area contributed by atoms with E-state index in [1.54, 1.807) is 25.1 Å². The molecule has 0 aliphatic heterocycles. The van der Waals surface area contributed by atoms with Crippen LogP contribution in [0.2, 0.25) is 0 Å². The van der Waals surface area contributed by atoms with Crippen molar-refractivity contribution in [3.8, 4) is 0 Å². The Balaban J connectivity index is 2.12. The normalized spacial score (nSPS) is 10.9. The first kappa shape index (κ1) is 15.5. The lowest BCUT2D eigenvalue weighted by molar-refractivity contribution is 0.0915. The number of pyridine rings is 1. The van der Waals surface area contributed by atoms with Crippen molar-refractivity contribution in [1.82, 2.24) is 4.57 Å². The second-order valence-electron chi connectivity index (χ2n) is 5.48. The van der Waals surface area contributed by atoms with Crippen molar-refractivity contribution in [2.24, 2.45) is 0 Å². The van der Waals surface area contributed by atoms with Gasteiger partial charge in [-0.25, -0.2) is 4.57 Å². The van der Waals surface area contributed by atoms with Gasteiger partial charge in [0.1, 0.15) is 0 Å². The zero-order valence-corrected chi connectivity index (χ0v) is 14.1. The lowest BCUT2D eigenvalue weighted by Crippen LogP contribution is -2.29. The van der Waals surface area contributed by atoms with Gasteiger partial charge in [-0.2, -0.15) is 0 Å². The van der Waals surface area contributed by atoms with E-state index in [-0.39, 0.29) is 17.9 Å². The molecule has 23 heavy (non-hydrogen) atoms. The highest BCUT2D eigenvalue weighted by Crippen LogP contribution is 2.18. The molecule has 0 spiro atoms. The van der Waals surface area contributed by atoms with Crippen molar-refractivity contribution in [3.05, 3.63) is 74.5 Å². The molecule has 1 aromatic heterocycles. The summed E-state index contributed by atoms with van der Waals surface area (Å²) in [4.78, 5) is 25.2. The number of rotatable bonds is 2. The molecule has 1 heterocycles. The SMILES string of the molecule is Cc1cc2ccc(N)cc2n(C(=O)Cc2ccc(Br)cc2)c1=O. The van der Waals surface area contributed by atoms with Gasteiger partial charge in [0.05, 0.1) is 11.9 Å². The van der Waals surface area contributed by atoms with Gasteiger partial charge < -0.3 is 5.73 Å². The summed E-state index contributed by atoms with van der Waals surface area (Å²) in [6.45, 7) is 1.71. The average molecular weight is 371 g/mol. The van der Waals surface area contributed by atoms with Gasteiger partial charge in [0, 0.05) is 15.7 Å². The zero-order chi connectivity index (χ0) is 16.6. The first-order valence-electron chi connectivity index (χ1n) is 7.15. The van der Waals surface area contributed by atoms with Crippen LogP contribution in [0.3, 0.4) is 0 Å². The van der Waals surface area contributed by atoms with Crippen molar-refractivity contribution in [3.63, 3.8) is 0 Å². The molecule has 0 unspecified atom stereocenters. The van der Waals surface area contributed by atoms with Crippen molar-refractivity contribution in [2.45, 2.75) is 13.3 Å². The van der Waals surface area contributed by atoms with Crippen molar-refractivity contribution >= 4 is 38.4 Å². The summed E-state index contributed by atoms with van der Waals surface area (Å²) in [5, 5.41) is 0.820. The monoisotopic (exact) mass is 370 g/mol. The number of benzene rings is 2. The number of nitrogens with zero attached hydrogens (tertiary/aromatic N) is 1. The van der Waals surface area contributed by atoms with Crippen LogP contribution in [0.15, 0.2) is 57.8 Å². The molecule has 3 rings (SSSR count). The molecule has 0 fully saturated rings. The van der Waals surface area contributed by atoms with Gasteiger partial charge in [-0.05, 0) is 48.2 Å². The molecule has 116 valence electrons. The summed E-state index contributed by atoms with van der Waals surface area (Å²) < 4.78 is 2.17. The Morgan fingerprint density at radius 3 is 2.52 bits per heavy atom. The van der Waals surface area contributed by atoms with E-state index >= 15 is 0 Å². The highest BCUT2D eigenvalue weighted by molar-refractivity contribution is 9.10. The minimum atomic E-state index is -0.301. The Bertz CT molecular complexity index is 959. The van der Waals surface area contributed by atoms with E-state index < -0.39 is 0 Å². The topological polar surface area (TPSA) is 65.1 Å². The number of halogens is 1. The quantitative estimate of drug-likeness (QED) is 0.701. The molecule has 0 saturated heterocycles. The largest absolute Gasteiger partial charge is 0.399 e. The molecule has 3 aromatic rings. The fourth-order valence-corrected chi connectivity index (χ4v) is 2.83. The number of carbonyl (C=O) groups is 1. The molecule has 0 aliphatic carbocycles. The van der Waals surface area contributed by atoms with Gasteiger partial charge in [-0.1, -0.05) is 34.1 Å². The summed E-state index contributed by atoms with van der Waals surface area (Å²) in [7, 11) is 0. The highest BCUT2D eigenvalue weighted by Gasteiger charge is 2.14. The van der Waals surface area contributed by atoms with E-state index in [1.165, 1.54) is 4.57 Å². The van der Waals surface area contributed by atoms with Gasteiger partial charge in [-0.3, -0.25) is 9.59 Å². The van der Waals surface area contributed by atoms with E-state index in [1.807, 2.05) is 30.3 Å². The number of fused-ring (bicyclic) bond motifs is 1. The number of nitrogen functional groups attached to an aromatic ring is 1. The summed E-state index contributed by atoms with van der Waals surface area (Å²) >= 11 is 3.36. The fraction of sp³-hybridized carbons (Fsp3) is 0.111. The van der Waals surface area contributed by atoms with Crippen LogP contribution in [0.5, 0.6) is 0 Å². The molecule has 0 bridgehead atoms. The molecule has 0 atom stereocenters. The molecule has 2 aromatic carbocycles. The summed E-state index contributed by atoms with van der Waals surface area (Å²) in [6.07, 6.45) is 0.153. The molecule has 0 saturated carbocycles. The summed E-state index contributed by atoms with van der Waals surface area (Å²) in [5.74, 6) is -0.267. The smallest absolute Gasteiger partial charge is 0.260 e. The fourth-order valence-electron chi connectivity index (χ4n) is 2.56. The van der Waals surface area contributed by atoms with E-state index in [9.17, 15) is 9.59 Å². The first-order valence-corrected chi connectivity index (χ1v) is 7.94. The number of nitrogens with two attached hydrogens (primary N) is 1. The van der Waals surface area contributed by atoms with Crippen LogP contribution in [0.1, 0.15) is 15.9 Å². The maximum Gasteiger partial charge on any atom is 0.260 e. The van der Waals surface area contributed by atoms with E-state index in [4.69, 9.17) is 5.73 Å². The van der Waals surface area contributed by atoms with Gasteiger partial charge in [0.25, 0.3) is 5.56 Å². The Morgan fingerprint density at radius 1 is 1.13 bits per heavy atom. The van der Waals surface area contributed by atoms with Crippen LogP contribution in [0.25, 0.3) is 10.9 Å². The number of hydrogen-bond donors (Lipinski definition) is 1. The lowest BCUT2D eigenvalue weighted by Gasteiger charge is -2.11. The predicted octanol–water partition coefficient (Wildman–Crippen LogP) is 3.54. The van der Waals surface area contributed by atoms with E-state index in [0.29, 0.717) is 16.8 Å². The van der Waals surface area contributed by atoms with Crippen LogP contribution in [-0.2, 0) is 6.42 Å². The van der Waals surface area contributed by atoms with Crippen LogP contribution in [-0.4, -0.2) is 10.5 Å². The van der Waals surface area contributed by atoms with Crippen LogP contribution < -0.4 is 11.3 Å². The molecule has 0 amide bonds. The van der Waals surface area contributed by atoms with Gasteiger partial charge in [0.15, 0.2) is 0 Å². The van der Waals surface area contributed by atoms with Gasteiger partial charge in [0.2, 0.25) is 5.91 Å². The van der Waals surface area contributed by atoms with Gasteiger partial charge >= 0.3 is 0 Å². The number of hydrogen-bond acceptors (Lipinski definition) is 3. The minimum absolute atomic E-state index is 0.153. The minimum Gasteiger partial charge on any atom is -0.399 e. The Hall–Kier alpha value is -2.40. The molecular weight excluding hydrogens is 356 g/mol. The second-order valence-corrected chi connectivity index (χ2v) is 6.40. The average Bonchev–Trinajstić information content (AvgIpc) is 2.51. The van der Waals surface area contributed by atoms with Crippen molar-refractivity contribution < 1.29 is 4.79 Å². The van der Waals surface area contributed by atoms with Crippen LogP contribution >= 0.6 is 15.9 Å². The predicted molar refractivity (Wildman–Crippen MR) is 95.8 cm³/mol. The molecule has 2 N–H and O–H groups in total. The van der Waals surface area contributed by atoms with Crippen molar-refractivity contribution in [1.29, 1.82) is 0 Å². The number of aromatic nitrogens is 1. The molecule has 0 aliphatic rings.